The highest BCUT2D eigenvalue weighted by atomic mass is 16.5. The lowest BCUT2D eigenvalue weighted by Gasteiger charge is -2.30. The molecule has 1 aromatic rings. The first-order valence-electron chi connectivity index (χ1n) is 5.87. The van der Waals surface area contributed by atoms with Crippen LogP contribution in [0.5, 0.6) is 0 Å². The monoisotopic (exact) mass is 220 g/mol. The predicted octanol–water partition coefficient (Wildman–Crippen LogP) is 2.55. The highest BCUT2D eigenvalue weighted by Crippen LogP contribution is 2.46. The number of aryl methyl sites for hydroxylation is 1. The van der Waals surface area contributed by atoms with Crippen molar-refractivity contribution in [3.63, 3.8) is 0 Å². The van der Waals surface area contributed by atoms with Gasteiger partial charge in [-0.3, -0.25) is 0 Å². The lowest BCUT2D eigenvalue weighted by molar-refractivity contribution is -0.0537. The van der Waals surface area contributed by atoms with Crippen LogP contribution in [-0.4, -0.2) is 18.8 Å². The number of hydrogen-bond acceptors (Lipinski definition) is 2. The fourth-order valence-corrected chi connectivity index (χ4v) is 2.42. The molecule has 1 unspecified atom stereocenters. The van der Waals surface area contributed by atoms with E-state index in [1.165, 1.54) is 11.1 Å². The van der Waals surface area contributed by atoms with Crippen LogP contribution >= 0.6 is 0 Å². The number of methoxy groups -OCH3 is 1. The number of ether oxygens (including phenoxy) is 1. The molecule has 0 saturated heterocycles. The van der Waals surface area contributed by atoms with E-state index in [9.17, 15) is 5.11 Å². The van der Waals surface area contributed by atoms with E-state index >= 15 is 0 Å². The number of hydrogen-bond donors (Lipinski definition) is 1. The molecule has 0 bridgehead atoms. The van der Waals surface area contributed by atoms with Crippen LogP contribution in [-0.2, 0) is 10.3 Å². The molecule has 0 heterocycles. The van der Waals surface area contributed by atoms with E-state index in [-0.39, 0.29) is 0 Å². The quantitative estimate of drug-likeness (QED) is 0.845. The van der Waals surface area contributed by atoms with Gasteiger partial charge in [0, 0.05) is 7.11 Å². The van der Waals surface area contributed by atoms with E-state index in [1.54, 1.807) is 7.11 Å². The fourth-order valence-electron chi connectivity index (χ4n) is 2.42. The van der Waals surface area contributed by atoms with Gasteiger partial charge >= 0.3 is 0 Å². The van der Waals surface area contributed by atoms with Gasteiger partial charge in [0.05, 0.1) is 6.61 Å². The molecule has 88 valence electrons. The first-order chi connectivity index (χ1) is 7.59. The normalized spacial score (nSPS) is 19.5. The molecule has 1 aromatic carbocycles. The Hall–Kier alpha value is -0.860. The molecule has 16 heavy (non-hydrogen) atoms. The number of aliphatic hydroxyl groups is 1. The predicted molar refractivity (Wildman–Crippen MR) is 64.4 cm³/mol. The summed E-state index contributed by atoms with van der Waals surface area (Å²) in [6.07, 6.45) is 2.21. The minimum absolute atomic E-state index is 0.368. The van der Waals surface area contributed by atoms with Crippen molar-refractivity contribution in [3.05, 3.63) is 34.9 Å². The second kappa shape index (κ2) is 4.19. The molecule has 0 aliphatic heterocycles. The second-order valence-electron chi connectivity index (χ2n) is 4.88. The molecular formula is C14H20O2. The van der Waals surface area contributed by atoms with Gasteiger partial charge in [-0.15, -0.1) is 0 Å². The van der Waals surface area contributed by atoms with Crippen molar-refractivity contribution in [2.24, 2.45) is 5.92 Å². The average molecular weight is 220 g/mol. The Kier molecular flexibility index (Phi) is 3.04. The first kappa shape index (κ1) is 11.6. The van der Waals surface area contributed by atoms with Crippen molar-refractivity contribution in [2.45, 2.75) is 32.3 Å². The Balaban J connectivity index is 2.42. The zero-order valence-corrected chi connectivity index (χ0v) is 10.3. The molecule has 1 N–H and O–H groups in total. The summed E-state index contributed by atoms with van der Waals surface area (Å²) in [5.41, 5.74) is 2.67. The molecule has 2 nitrogen and oxygen atoms in total. The summed E-state index contributed by atoms with van der Waals surface area (Å²) in [6.45, 7) is 4.55. The second-order valence-corrected chi connectivity index (χ2v) is 4.88. The maximum Gasteiger partial charge on any atom is 0.116 e. The van der Waals surface area contributed by atoms with Gasteiger partial charge in [0.1, 0.15) is 5.60 Å². The number of rotatable bonds is 4. The standard InChI is InChI=1S/C14H20O2/c1-10-5-4-6-13(11(10)2)14(15,9-16-3)12-7-8-12/h4-6,12,15H,7-9H2,1-3H3. The third-order valence-corrected chi connectivity index (χ3v) is 3.69. The van der Waals surface area contributed by atoms with E-state index in [0.717, 1.165) is 18.4 Å². The van der Waals surface area contributed by atoms with Gasteiger partial charge in [0.25, 0.3) is 0 Å². The summed E-state index contributed by atoms with van der Waals surface area (Å²) >= 11 is 0. The van der Waals surface area contributed by atoms with Gasteiger partial charge in [0.2, 0.25) is 0 Å². The van der Waals surface area contributed by atoms with Gasteiger partial charge in [-0.05, 0) is 49.3 Å². The van der Waals surface area contributed by atoms with Gasteiger partial charge in [-0.2, -0.15) is 0 Å². The van der Waals surface area contributed by atoms with Gasteiger partial charge in [-0.25, -0.2) is 0 Å². The molecule has 0 spiro atoms. The van der Waals surface area contributed by atoms with Crippen LogP contribution in [0.3, 0.4) is 0 Å². The van der Waals surface area contributed by atoms with Crippen molar-refractivity contribution in [1.29, 1.82) is 0 Å². The molecule has 1 aliphatic rings. The maximum atomic E-state index is 10.8. The van der Waals surface area contributed by atoms with Crippen molar-refractivity contribution >= 4 is 0 Å². The Morgan fingerprint density at radius 2 is 2.06 bits per heavy atom. The van der Waals surface area contributed by atoms with Gasteiger partial charge in [0.15, 0.2) is 0 Å². The lowest BCUT2D eigenvalue weighted by Crippen LogP contribution is -2.34. The largest absolute Gasteiger partial charge is 0.382 e. The highest BCUT2D eigenvalue weighted by Gasteiger charge is 2.45. The lowest BCUT2D eigenvalue weighted by atomic mass is 9.85. The third-order valence-electron chi connectivity index (χ3n) is 3.69. The first-order valence-corrected chi connectivity index (χ1v) is 5.87. The molecule has 1 fully saturated rings. The Morgan fingerprint density at radius 1 is 1.38 bits per heavy atom. The summed E-state index contributed by atoms with van der Waals surface area (Å²) < 4.78 is 5.21. The summed E-state index contributed by atoms with van der Waals surface area (Å²) in [6, 6.07) is 6.12. The summed E-state index contributed by atoms with van der Waals surface area (Å²) in [5.74, 6) is 0.368. The Morgan fingerprint density at radius 3 is 2.62 bits per heavy atom. The van der Waals surface area contributed by atoms with E-state index in [2.05, 4.69) is 19.9 Å². The van der Waals surface area contributed by atoms with Crippen LogP contribution in [0.15, 0.2) is 18.2 Å². The maximum absolute atomic E-state index is 10.8. The van der Waals surface area contributed by atoms with Crippen molar-refractivity contribution in [1.82, 2.24) is 0 Å². The molecular weight excluding hydrogens is 200 g/mol. The molecule has 0 radical (unpaired) electrons. The van der Waals surface area contributed by atoms with Gasteiger partial charge < -0.3 is 9.84 Å². The van der Waals surface area contributed by atoms with Gasteiger partial charge in [-0.1, -0.05) is 18.2 Å². The fraction of sp³-hybridized carbons (Fsp3) is 0.571. The number of benzene rings is 1. The SMILES string of the molecule is COCC(O)(c1cccc(C)c1C)C1CC1. The van der Waals surface area contributed by atoms with Crippen LogP contribution in [0.1, 0.15) is 29.5 Å². The minimum Gasteiger partial charge on any atom is -0.382 e. The molecule has 0 amide bonds. The smallest absolute Gasteiger partial charge is 0.116 e. The van der Waals surface area contributed by atoms with Crippen LogP contribution < -0.4 is 0 Å². The summed E-state index contributed by atoms with van der Waals surface area (Å²) in [5, 5.41) is 10.8. The van der Waals surface area contributed by atoms with Crippen molar-refractivity contribution in [3.8, 4) is 0 Å². The van der Waals surface area contributed by atoms with Crippen LogP contribution in [0.2, 0.25) is 0 Å². The topological polar surface area (TPSA) is 29.5 Å². The minimum atomic E-state index is -0.787. The summed E-state index contributed by atoms with van der Waals surface area (Å²) in [7, 11) is 1.65. The molecule has 0 aromatic heterocycles. The zero-order valence-electron chi connectivity index (χ0n) is 10.3. The Bertz CT molecular complexity index is 382. The van der Waals surface area contributed by atoms with Crippen LogP contribution in [0.4, 0.5) is 0 Å². The molecule has 1 saturated carbocycles. The zero-order chi connectivity index (χ0) is 11.8. The molecule has 2 heteroatoms. The molecule has 1 aliphatic carbocycles. The van der Waals surface area contributed by atoms with Crippen molar-refractivity contribution < 1.29 is 9.84 Å². The highest BCUT2D eigenvalue weighted by molar-refractivity contribution is 5.38. The third kappa shape index (κ3) is 1.87. The Labute approximate surface area is 97.3 Å². The summed E-state index contributed by atoms with van der Waals surface area (Å²) in [4.78, 5) is 0. The van der Waals surface area contributed by atoms with E-state index < -0.39 is 5.60 Å². The van der Waals surface area contributed by atoms with Crippen LogP contribution in [0, 0.1) is 19.8 Å². The van der Waals surface area contributed by atoms with E-state index in [0.29, 0.717) is 12.5 Å². The molecule has 2 rings (SSSR count). The van der Waals surface area contributed by atoms with E-state index in [1.807, 2.05) is 12.1 Å². The van der Waals surface area contributed by atoms with Crippen molar-refractivity contribution in [2.75, 3.05) is 13.7 Å². The average Bonchev–Trinajstić information content (AvgIpc) is 3.06. The van der Waals surface area contributed by atoms with E-state index in [4.69, 9.17) is 4.74 Å². The van der Waals surface area contributed by atoms with Crippen LogP contribution in [0.25, 0.3) is 0 Å². The molecule has 1 atom stereocenters.